The number of nitrogens with one attached hydrogen (secondary N) is 1. The fourth-order valence-electron chi connectivity index (χ4n) is 4.38. The van der Waals surface area contributed by atoms with Crippen molar-refractivity contribution in [2.75, 3.05) is 31.0 Å². The van der Waals surface area contributed by atoms with E-state index in [1.54, 1.807) is 43.5 Å². The molecule has 1 aliphatic carbocycles. The van der Waals surface area contributed by atoms with E-state index in [1.807, 2.05) is 10.7 Å². The first-order valence-electron chi connectivity index (χ1n) is 10.5. The number of rotatable bonds is 6. The van der Waals surface area contributed by atoms with Crippen molar-refractivity contribution in [3.63, 3.8) is 0 Å². The quantitative estimate of drug-likeness (QED) is 0.786. The van der Waals surface area contributed by atoms with Crippen LogP contribution in [0.5, 0.6) is 11.5 Å². The molecule has 0 unspecified atom stereocenters. The number of anilines is 2. The molecule has 1 aromatic carbocycles. The van der Waals surface area contributed by atoms with Gasteiger partial charge >= 0.3 is 0 Å². The molecular formula is C22H28N4O4. The first-order valence-corrected chi connectivity index (χ1v) is 10.5. The Hall–Kier alpha value is -3.03. The molecule has 2 heterocycles. The Balaban J connectivity index is 1.47. The Morgan fingerprint density at radius 2 is 1.93 bits per heavy atom. The van der Waals surface area contributed by atoms with Crippen LogP contribution >= 0.6 is 0 Å². The highest BCUT2D eigenvalue weighted by Crippen LogP contribution is 2.36. The van der Waals surface area contributed by atoms with Crippen LogP contribution in [0, 0.1) is 5.92 Å². The molecule has 0 bridgehead atoms. The first-order chi connectivity index (χ1) is 14.6. The lowest BCUT2D eigenvalue weighted by Gasteiger charge is -2.24. The lowest BCUT2D eigenvalue weighted by molar-refractivity contribution is -0.122. The Labute approximate surface area is 176 Å². The second kappa shape index (κ2) is 8.77. The molecule has 160 valence electrons. The smallest absolute Gasteiger partial charge is 0.230 e. The molecule has 2 aromatic rings. The van der Waals surface area contributed by atoms with E-state index in [4.69, 9.17) is 9.47 Å². The lowest BCUT2D eigenvalue weighted by Crippen LogP contribution is -2.29. The van der Waals surface area contributed by atoms with Crippen LogP contribution in [-0.4, -0.2) is 42.4 Å². The number of hydrogen-bond acceptors (Lipinski definition) is 5. The van der Waals surface area contributed by atoms with E-state index in [2.05, 4.69) is 10.4 Å². The van der Waals surface area contributed by atoms with E-state index in [1.165, 1.54) is 19.3 Å². The Morgan fingerprint density at radius 3 is 2.67 bits per heavy atom. The molecule has 2 aliphatic rings. The molecule has 1 N–H and O–H groups in total. The minimum absolute atomic E-state index is 0.109. The van der Waals surface area contributed by atoms with Gasteiger partial charge in [0.15, 0.2) is 0 Å². The predicted molar refractivity (Wildman–Crippen MR) is 113 cm³/mol. The summed E-state index contributed by atoms with van der Waals surface area (Å²) < 4.78 is 12.6. The zero-order chi connectivity index (χ0) is 21.1. The van der Waals surface area contributed by atoms with E-state index < -0.39 is 5.92 Å². The van der Waals surface area contributed by atoms with Gasteiger partial charge in [0.2, 0.25) is 11.8 Å². The third-order valence-corrected chi connectivity index (χ3v) is 6.01. The minimum Gasteiger partial charge on any atom is -0.497 e. The van der Waals surface area contributed by atoms with E-state index in [-0.39, 0.29) is 18.2 Å². The monoisotopic (exact) mass is 412 g/mol. The topological polar surface area (TPSA) is 85.7 Å². The highest BCUT2D eigenvalue weighted by atomic mass is 16.5. The molecule has 2 fully saturated rings. The maximum atomic E-state index is 13.0. The van der Waals surface area contributed by atoms with Gasteiger partial charge in [-0.1, -0.05) is 19.3 Å². The molecule has 8 heteroatoms. The number of aromatic nitrogens is 2. The van der Waals surface area contributed by atoms with Gasteiger partial charge in [-0.05, 0) is 25.0 Å². The van der Waals surface area contributed by atoms with Gasteiger partial charge in [-0.25, -0.2) is 4.68 Å². The number of nitrogens with zero attached hydrogens (tertiary/aromatic N) is 3. The number of methoxy groups -OCH3 is 2. The molecule has 8 nitrogen and oxygen atoms in total. The van der Waals surface area contributed by atoms with Crippen LogP contribution in [0.4, 0.5) is 11.5 Å². The van der Waals surface area contributed by atoms with Crippen LogP contribution < -0.4 is 19.7 Å². The van der Waals surface area contributed by atoms with Crippen LogP contribution in [0.3, 0.4) is 0 Å². The van der Waals surface area contributed by atoms with Crippen molar-refractivity contribution in [2.45, 2.75) is 44.6 Å². The van der Waals surface area contributed by atoms with E-state index in [9.17, 15) is 9.59 Å². The van der Waals surface area contributed by atoms with Gasteiger partial charge in [-0.2, -0.15) is 5.10 Å². The number of hydrogen-bond donors (Lipinski definition) is 1. The van der Waals surface area contributed by atoms with Crippen molar-refractivity contribution in [2.24, 2.45) is 5.92 Å². The molecule has 1 atom stereocenters. The number of carbonyl (C=O) groups excluding carboxylic acids is 2. The molecule has 0 radical (unpaired) electrons. The fraction of sp³-hybridized carbons (Fsp3) is 0.500. The summed E-state index contributed by atoms with van der Waals surface area (Å²) >= 11 is 0. The molecule has 1 saturated heterocycles. The van der Waals surface area contributed by atoms with Gasteiger partial charge in [0, 0.05) is 25.1 Å². The zero-order valence-electron chi connectivity index (χ0n) is 17.5. The summed E-state index contributed by atoms with van der Waals surface area (Å²) in [6.45, 7) is 0.297. The molecule has 30 heavy (non-hydrogen) atoms. The van der Waals surface area contributed by atoms with E-state index in [0.717, 1.165) is 12.8 Å². The summed E-state index contributed by atoms with van der Waals surface area (Å²) in [6, 6.07) is 7.45. The van der Waals surface area contributed by atoms with Crippen molar-refractivity contribution in [3.8, 4) is 11.5 Å². The van der Waals surface area contributed by atoms with Crippen molar-refractivity contribution in [3.05, 3.63) is 30.5 Å². The number of benzene rings is 1. The zero-order valence-corrected chi connectivity index (χ0v) is 17.5. The van der Waals surface area contributed by atoms with Gasteiger partial charge in [0.1, 0.15) is 17.3 Å². The van der Waals surface area contributed by atoms with E-state index >= 15 is 0 Å². The Kier molecular flexibility index (Phi) is 5.92. The highest BCUT2D eigenvalue weighted by molar-refractivity contribution is 6.04. The van der Waals surface area contributed by atoms with Crippen molar-refractivity contribution < 1.29 is 19.1 Å². The molecule has 1 aliphatic heterocycles. The second-order valence-corrected chi connectivity index (χ2v) is 7.89. The van der Waals surface area contributed by atoms with E-state index in [0.29, 0.717) is 35.6 Å². The third-order valence-electron chi connectivity index (χ3n) is 6.01. The molecule has 2 amide bonds. The number of ether oxygens (including phenoxy) is 2. The summed E-state index contributed by atoms with van der Waals surface area (Å²) in [5.41, 5.74) is 0.615. The minimum atomic E-state index is -0.442. The average molecular weight is 412 g/mol. The number of carbonyl (C=O) groups is 2. The second-order valence-electron chi connectivity index (χ2n) is 7.89. The van der Waals surface area contributed by atoms with Gasteiger partial charge in [-0.3, -0.25) is 9.59 Å². The fourth-order valence-corrected chi connectivity index (χ4v) is 4.38. The van der Waals surface area contributed by atoms with Crippen LogP contribution in [0.25, 0.3) is 0 Å². The van der Waals surface area contributed by atoms with Gasteiger partial charge in [0.05, 0.1) is 38.1 Å². The Bertz CT molecular complexity index is 920. The largest absolute Gasteiger partial charge is 0.497 e. The SMILES string of the molecule is COc1ccc(OC)c(N2C[C@H](C(=O)Nc3ccnn3C3CCCCC3)CC2=O)c1. The highest BCUT2D eigenvalue weighted by Gasteiger charge is 2.37. The summed E-state index contributed by atoms with van der Waals surface area (Å²) in [5, 5.41) is 7.43. The molecule has 1 aromatic heterocycles. The normalized spacial score (nSPS) is 19.7. The van der Waals surface area contributed by atoms with Gasteiger partial charge in [-0.15, -0.1) is 0 Å². The first kappa shape index (κ1) is 20.3. The standard InChI is InChI=1S/C22H28N4O4/c1-29-17-8-9-19(30-2)18(13-17)25-14-15(12-21(25)27)22(28)24-20-10-11-23-26(20)16-6-4-3-5-7-16/h8-11,13,15-16H,3-7,12,14H2,1-2H3,(H,24,28)/t15-/m1/s1. The number of amides is 2. The summed E-state index contributed by atoms with van der Waals surface area (Å²) in [4.78, 5) is 27.3. The third kappa shape index (κ3) is 3.99. The van der Waals surface area contributed by atoms with Crippen molar-refractivity contribution in [1.29, 1.82) is 0 Å². The van der Waals surface area contributed by atoms with Crippen LogP contribution in [-0.2, 0) is 9.59 Å². The summed E-state index contributed by atoms with van der Waals surface area (Å²) in [6.07, 6.45) is 7.67. The van der Waals surface area contributed by atoms with Crippen LogP contribution in [0.15, 0.2) is 30.5 Å². The average Bonchev–Trinajstić information content (AvgIpc) is 3.40. The van der Waals surface area contributed by atoms with Gasteiger partial charge < -0.3 is 19.7 Å². The molecule has 4 rings (SSSR count). The summed E-state index contributed by atoms with van der Waals surface area (Å²) in [7, 11) is 3.13. The van der Waals surface area contributed by atoms with Crippen molar-refractivity contribution in [1.82, 2.24) is 9.78 Å². The van der Waals surface area contributed by atoms with Crippen LogP contribution in [0.1, 0.15) is 44.6 Å². The molecule has 0 spiro atoms. The lowest BCUT2D eigenvalue weighted by atomic mass is 9.96. The van der Waals surface area contributed by atoms with Crippen molar-refractivity contribution >= 4 is 23.3 Å². The molecular weight excluding hydrogens is 384 g/mol. The van der Waals surface area contributed by atoms with Gasteiger partial charge in [0.25, 0.3) is 0 Å². The molecule has 1 saturated carbocycles. The maximum Gasteiger partial charge on any atom is 0.230 e. The maximum absolute atomic E-state index is 13.0. The summed E-state index contributed by atoms with van der Waals surface area (Å²) in [5.74, 6) is 1.19. The predicted octanol–water partition coefficient (Wildman–Crippen LogP) is 3.40. The van der Waals surface area contributed by atoms with Crippen LogP contribution in [0.2, 0.25) is 0 Å². The Morgan fingerprint density at radius 1 is 1.13 bits per heavy atom.